The highest BCUT2D eigenvalue weighted by Gasteiger charge is 2.09. The average Bonchev–Trinajstić information content (AvgIpc) is 2.60. The third kappa shape index (κ3) is 2.28. The summed E-state index contributed by atoms with van der Waals surface area (Å²) in [6.45, 7) is 0. The molecule has 0 aromatic heterocycles. The molecule has 0 aliphatic rings. The van der Waals surface area contributed by atoms with Crippen LogP contribution in [0.15, 0.2) is 59.7 Å². The third-order valence-corrected chi connectivity index (χ3v) is 4.45. The van der Waals surface area contributed by atoms with E-state index in [9.17, 15) is 0 Å². The first-order chi connectivity index (χ1) is 11.3. The summed E-state index contributed by atoms with van der Waals surface area (Å²) in [5, 5.41) is 15.1. The molecule has 4 heteroatoms. The van der Waals surface area contributed by atoms with E-state index in [0.717, 1.165) is 5.56 Å². The van der Waals surface area contributed by atoms with Crippen LogP contribution in [0.5, 0.6) is 0 Å². The van der Waals surface area contributed by atoms with Gasteiger partial charge in [-0.1, -0.05) is 54.6 Å². The molecule has 0 unspecified atom stereocenters. The summed E-state index contributed by atoms with van der Waals surface area (Å²) in [4.78, 5) is 0. The Morgan fingerprint density at radius 2 is 1.57 bits per heavy atom. The van der Waals surface area contributed by atoms with Gasteiger partial charge in [-0.3, -0.25) is 5.43 Å². The fourth-order valence-electron chi connectivity index (χ4n) is 3.09. The number of rotatable bonds is 2. The number of nitrogens with zero attached hydrogens (tertiary/aromatic N) is 1. The van der Waals surface area contributed by atoms with Gasteiger partial charge in [-0.15, -0.1) is 0 Å². The van der Waals surface area contributed by atoms with E-state index in [1.54, 1.807) is 7.05 Å². The Kier molecular flexibility index (Phi) is 3.32. The van der Waals surface area contributed by atoms with Gasteiger partial charge >= 0.3 is 0 Å². The molecule has 0 heterocycles. The molecule has 0 saturated carbocycles. The standard InChI is InChI=1S/C19H15N3S/c1-20-19(23)22-21-11-15-8-7-14-6-5-12-3-2-4-13-9-10-16(15)18(14)17(12)13/h2-11H,1H3,(H2,20,22,23)/b21-11+. The largest absolute Gasteiger partial charge is 0.364 e. The van der Waals surface area contributed by atoms with Crippen LogP contribution in [-0.2, 0) is 0 Å². The van der Waals surface area contributed by atoms with Gasteiger partial charge in [-0.25, -0.2) is 0 Å². The van der Waals surface area contributed by atoms with E-state index in [4.69, 9.17) is 12.2 Å². The Bertz CT molecular complexity index is 1040. The van der Waals surface area contributed by atoms with Crippen LogP contribution in [0, 0.1) is 0 Å². The molecular weight excluding hydrogens is 302 g/mol. The smallest absolute Gasteiger partial charge is 0.186 e. The van der Waals surface area contributed by atoms with Gasteiger partial charge < -0.3 is 5.32 Å². The zero-order valence-electron chi connectivity index (χ0n) is 12.6. The normalized spacial score (nSPS) is 11.7. The Morgan fingerprint density at radius 1 is 0.913 bits per heavy atom. The Labute approximate surface area is 139 Å². The van der Waals surface area contributed by atoms with Crippen LogP contribution in [0.2, 0.25) is 0 Å². The highest BCUT2D eigenvalue weighted by Crippen LogP contribution is 2.35. The molecule has 0 amide bonds. The minimum absolute atomic E-state index is 0.499. The first-order valence-corrected chi connectivity index (χ1v) is 7.86. The van der Waals surface area contributed by atoms with Gasteiger partial charge in [-0.2, -0.15) is 5.10 Å². The number of hydrazone groups is 1. The molecule has 0 fully saturated rings. The van der Waals surface area contributed by atoms with Crippen molar-refractivity contribution in [1.82, 2.24) is 10.7 Å². The van der Waals surface area contributed by atoms with E-state index >= 15 is 0 Å². The zero-order valence-corrected chi connectivity index (χ0v) is 13.4. The van der Waals surface area contributed by atoms with Gasteiger partial charge in [0.05, 0.1) is 6.21 Å². The molecule has 4 rings (SSSR count). The minimum atomic E-state index is 0.499. The van der Waals surface area contributed by atoms with E-state index < -0.39 is 0 Å². The highest BCUT2D eigenvalue weighted by molar-refractivity contribution is 7.80. The van der Waals surface area contributed by atoms with Gasteiger partial charge in [0.15, 0.2) is 5.11 Å². The molecule has 2 N–H and O–H groups in total. The monoisotopic (exact) mass is 317 g/mol. The van der Waals surface area contributed by atoms with Gasteiger partial charge in [0.2, 0.25) is 0 Å². The SMILES string of the molecule is CNC(=S)N/N=C/c1ccc2ccc3cccc4ccc1c2c34. The third-order valence-electron chi connectivity index (χ3n) is 4.16. The molecule has 0 radical (unpaired) electrons. The maximum Gasteiger partial charge on any atom is 0.186 e. The molecular formula is C19H15N3S. The van der Waals surface area contributed by atoms with Crippen LogP contribution in [-0.4, -0.2) is 18.4 Å². The van der Waals surface area contributed by atoms with Crippen LogP contribution in [0.4, 0.5) is 0 Å². The van der Waals surface area contributed by atoms with E-state index in [1.165, 1.54) is 32.3 Å². The lowest BCUT2D eigenvalue weighted by atomic mass is 9.92. The molecule has 4 aromatic rings. The molecule has 3 nitrogen and oxygen atoms in total. The predicted molar refractivity (Wildman–Crippen MR) is 103 cm³/mol. The minimum Gasteiger partial charge on any atom is -0.364 e. The summed E-state index contributed by atoms with van der Waals surface area (Å²) in [5.41, 5.74) is 3.87. The maximum absolute atomic E-state index is 5.03. The molecule has 0 bridgehead atoms. The fourth-order valence-corrected chi connectivity index (χ4v) is 3.14. The lowest BCUT2D eigenvalue weighted by molar-refractivity contribution is 0.982. The van der Waals surface area contributed by atoms with Gasteiger partial charge in [-0.05, 0) is 44.5 Å². The Morgan fingerprint density at radius 3 is 2.30 bits per heavy atom. The predicted octanol–water partition coefficient (Wildman–Crippen LogP) is 4.01. The number of benzene rings is 4. The van der Waals surface area contributed by atoms with Crippen molar-refractivity contribution in [3.63, 3.8) is 0 Å². The molecule has 112 valence electrons. The summed E-state index contributed by atoms with van der Waals surface area (Å²) in [7, 11) is 1.76. The van der Waals surface area contributed by atoms with Crippen LogP contribution in [0.25, 0.3) is 32.3 Å². The topological polar surface area (TPSA) is 36.4 Å². The summed E-state index contributed by atoms with van der Waals surface area (Å²) in [6.07, 6.45) is 1.82. The van der Waals surface area contributed by atoms with Crippen molar-refractivity contribution in [2.45, 2.75) is 0 Å². The molecule has 0 atom stereocenters. The van der Waals surface area contributed by atoms with Gasteiger partial charge in [0.1, 0.15) is 0 Å². The summed E-state index contributed by atoms with van der Waals surface area (Å²) in [6, 6.07) is 19.4. The zero-order chi connectivity index (χ0) is 15.8. The highest BCUT2D eigenvalue weighted by atomic mass is 32.1. The molecule has 0 aliphatic heterocycles. The second kappa shape index (κ2) is 5.48. The van der Waals surface area contributed by atoms with Gasteiger partial charge in [0.25, 0.3) is 0 Å². The van der Waals surface area contributed by atoms with Crippen molar-refractivity contribution < 1.29 is 0 Å². The summed E-state index contributed by atoms with van der Waals surface area (Å²) in [5.74, 6) is 0. The van der Waals surface area contributed by atoms with Crippen molar-refractivity contribution in [3.8, 4) is 0 Å². The Balaban J connectivity index is 1.94. The van der Waals surface area contributed by atoms with E-state index in [0.29, 0.717) is 5.11 Å². The number of thiocarbonyl (C=S) groups is 1. The fraction of sp³-hybridized carbons (Fsp3) is 0.0526. The second-order valence-electron chi connectivity index (χ2n) is 5.46. The molecule has 0 spiro atoms. The van der Waals surface area contributed by atoms with Crippen LogP contribution in [0.3, 0.4) is 0 Å². The first-order valence-electron chi connectivity index (χ1n) is 7.45. The van der Waals surface area contributed by atoms with Crippen molar-refractivity contribution >= 4 is 55.9 Å². The van der Waals surface area contributed by atoms with Crippen molar-refractivity contribution in [2.24, 2.45) is 5.10 Å². The van der Waals surface area contributed by atoms with Crippen LogP contribution < -0.4 is 10.7 Å². The Hall–Kier alpha value is -2.72. The summed E-state index contributed by atoms with van der Waals surface area (Å²) >= 11 is 5.03. The average molecular weight is 317 g/mol. The molecule has 4 aromatic carbocycles. The van der Waals surface area contributed by atoms with Gasteiger partial charge in [0, 0.05) is 12.6 Å². The molecule has 0 aliphatic carbocycles. The lowest BCUT2D eigenvalue weighted by Gasteiger charge is -2.12. The van der Waals surface area contributed by atoms with Crippen LogP contribution >= 0.6 is 12.2 Å². The second-order valence-corrected chi connectivity index (χ2v) is 5.87. The van der Waals surface area contributed by atoms with E-state index in [-0.39, 0.29) is 0 Å². The van der Waals surface area contributed by atoms with E-state index in [1.807, 2.05) is 6.21 Å². The van der Waals surface area contributed by atoms with Crippen LogP contribution in [0.1, 0.15) is 5.56 Å². The van der Waals surface area contributed by atoms with E-state index in [2.05, 4.69) is 70.4 Å². The quantitative estimate of drug-likeness (QED) is 0.254. The first kappa shape index (κ1) is 13.9. The van der Waals surface area contributed by atoms with Crippen molar-refractivity contribution in [2.75, 3.05) is 7.05 Å². The lowest BCUT2D eigenvalue weighted by Crippen LogP contribution is -2.28. The van der Waals surface area contributed by atoms with Crippen molar-refractivity contribution in [1.29, 1.82) is 0 Å². The number of hydrogen-bond acceptors (Lipinski definition) is 2. The number of hydrogen-bond donors (Lipinski definition) is 2. The van der Waals surface area contributed by atoms with Crippen molar-refractivity contribution in [3.05, 3.63) is 60.2 Å². The maximum atomic E-state index is 5.03. The number of nitrogens with one attached hydrogen (secondary N) is 2. The summed E-state index contributed by atoms with van der Waals surface area (Å²) < 4.78 is 0. The molecule has 23 heavy (non-hydrogen) atoms. The molecule has 0 saturated heterocycles.